The van der Waals surface area contributed by atoms with Crippen LogP contribution in [-0.4, -0.2) is 54.8 Å². The number of morpholine rings is 1. The molecule has 0 unspecified atom stereocenters. The maximum atomic E-state index is 15.5. The van der Waals surface area contributed by atoms with Gasteiger partial charge in [-0.15, -0.1) is 0 Å². The average molecular weight is 503 g/mol. The van der Waals surface area contributed by atoms with E-state index in [0.29, 0.717) is 56.3 Å². The standard InChI is InChI=1S/C28H27FN4O4/c29-21-15-19-25-27(23(21)31-10-4-3-9-30)37-22-8-7-17-5-1-2-6-18(17)24(22)33(25)16-20(26(19)34)28(35)32-11-13-36-14-12-32/h1-2,5-8,15-16,31H,3-4,9-14,30H2. The van der Waals surface area contributed by atoms with Gasteiger partial charge in [-0.25, -0.2) is 4.39 Å². The number of carbonyl (C=O) groups excluding carboxylic acids is 1. The maximum absolute atomic E-state index is 15.5. The van der Waals surface area contributed by atoms with Gasteiger partial charge in [-0.05, 0) is 36.9 Å². The third-order valence-corrected chi connectivity index (χ3v) is 6.97. The van der Waals surface area contributed by atoms with Gasteiger partial charge in [-0.2, -0.15) is 0 Å². The summed E-state index contributed by atoms with van der Waals surface area (Å²) >= 11 is 0. The lowest BCUT2D eigenvalue weighted by Crippen LogP contribution is -2.42. The Bertz CT molecular complexity index is 1590. The van der Waals surface area contributed by atoms with E-state index >= 15 is 4.39 Å². The zero-order valence-corrected chi connectivity index (χ0v) is 20.3. The van der Waals surface area contributed by atoms with Crippen LogP contribution in [0.3, 0.4) is 0 Å². The second-order valence-corrected chi connectivity index (χ2v) is 9.26. The van der Waals surface area contributed by atoms with Gasteiger partial charge >= 0.3 is 0 Å². The maximum Gasteiger partial charge on any atom is 0.259 e. The molecule has 3 aromatic carbocycles. The van der Waals surface area contributed by atoms with Gasteiger partial charge in [0.15, 0.2) is 17.3 Å². The van der Waals surface area contributed by atoms with Gasteiger partial charge in [0.25, 0.3) is 5.91 Å². The highest BCUT2D eigenvalue weighted by Gasteiger charge is 2.31. The van der Waals surface area contributed by atoms with Crippen molar-refractivity contribution >= 4 is 33.3 Å². The molecule has 0 radical (unpaired) electrons. The molecule has 1 saturated heterocycles. The summed E-state index contributed by atoms with van der Waals surface area (Å²) in [5.74, 6) is -0.262. The highest BCUT2D eigenvalue weighted by molar-refractivity contribution is 6.04. The van der Waals surface area contributed by atoms with Gasteiger partial charge in [0.1, 0.15) is 16.8 Å². The lowest BCUT2D eigenvalue weighted by Gasteiger charge is -2.29. The van der Waals surface area contributed by atoms with Crippen molar-refractivity contribution in [3.8, 4) is 17.2 Å². The second-order valence-electron chi connectivity index (χ2n) is 9.26. The Morgan fingerprint density at radius 3 is 2.70 bits per heavy atom. The molecule has 1 aromatic heterocycles. The van der Waals surface area contributed by atoms with E-state index in [2.05, 4.69) is 5.32 Å². The number of hydrogen-bond donors (Lipinski definition) is 2. The molecule has 2 aliphatic rings. The molecule has 3 heterocycles. The molecule has 0 bridgehead atoms. The van der Waals surface area contributed by atoms with E-state index in [1.165, 1.54) is 6.07 Å². The summed E-state index contributed by atoms with van der Waals surface area (Å²) < 4.78 is 29.0. The van der Waals surface area contributed by atoms with Crippen molar-refractivity contribution in [3.05, 3.63) is 70.3 Å². The third-order valence-electron chi connectivity index (χ3n) is 6.97. The van der Waals surface area contributed by atoms with Crippen LogP contribution in [0.1, 0.15) is 23.2 Å². The number of rotatable bonds is 6. The van der Waals surface area contributed by atoms with Crippen LogP contribution >= 0.6 is 0 Å². The summed E-state index contributed by atoms with van der Waals surface area (Å²) in [5, 5.41) is 5.10. The van der Waals surface area contributed by atoms with Gasteiger partial charge in [0.2, 0.25) is 5.43 Å². The molecule has 2 aliphatic heterocycles. The molecule has 6 rings (SSSR count). The highest BCUT2D eigenvalue weighted by Crippen LogP contribution is 2.47. The van der Waals surface area contributed by atoms with Crippen LogP contribution in [-0.2, 0) is 4.74 Å². The molecule has 1 amide bonds. The summed E-state index contributed by atoms with van der Waals surface area (Å²) in [6.45, 7) is 2.65. The van der Waals surface area contributed by atoms with Crippen LogP contribution in [0, 0.1) is 5.82 Å². The van der Waals surface area contributed by atoms with Crippen molar-refractivity contribution in [1.82, 2.24) is 9.47 Å². The molecule has 0 atom stereocenters. The Morgan fingerprint density at radius 2 is 1.89 bits per heavy atom. The summed E-state index contributed by atoms with van der Waals surface area (Å²) in [4.78, 5) is 28.7. The topological polar surface area (TPSA) is 98.8 Å². The Morgan fingerprint density at radius 1 is 1.08 bits per heavy atom. The Labute approximate surface area is 212 Å². The predicted octanol–water partition coefficient (Wildman–Crippen LogP) is 4.01. The average Bonchev–Trinajstić information content (AvgIpc) is 2.93. The largest absolute Gasteiger partial charge is 0.451 e. The second kappa shape index (κ2) is 9.49. The smallest absolute Gasteiger partial charge is 0.259 e. The zero-order chi connectivity index (χ0) is 25.5. The van der Waals surface area contributed by atoms with Gasteiger partial charge in [0.05, 0.1) is 24.3 Å². The number of ether oxygens (including phenoxy) is 2. The van der Waals surface area contributed by atoms with Crippen molar-refractivity contribution in [2.24, 2.45) is 5.73 Å². The summed E-state index contributed by atoms with van der Waals surface area (Å²) in [6.07, 6.45) is 3.13. The molecule has 8 nitrogen and oxygen atoms in total. The third kappa shape index (κ3) is 3.91. The lowest BCUT2D eigenvalue weighted by molar-refractivity contribution is 0.0302. The first-order valence-corrected chi connectivity index (χ1v) is 12.5. The molecule has 0 spiro atoms. The molecular weight excluding hydrogens is 475 g/mol. The van der Waals surface area contributed by atoms with Gasteiger partial charge in [-0.1, -0.05) is 30.3 Å². The highest BCUT2D eigenvalue weighted by atomic mass is 19.1. The normalized spacial score (nSPS) is 14.5. The minimum absolute atomic E-state index is 0.0100. The fourth-order valence-corrected chi connectivity index (χ4v) is 5.11. The molecule has 4 aromatic rings. The van der Waals surface area contributed by atoms with E-state index in [-0.39, 0.29) is 22.4 Å². The number of halogens is 1. The summed E-state index contributed by atoms with van der Waals surface area (Å²) in [6, 6.07) is 12.8. The van der Waals surface area contributed by atoms with Crippen molar-refractivity contribution in [2.75, 3.05) is 44.7 Å². The number of anilines is 1. The molecular formula is C28H27FN4O4. The molecule has 9 heteroatoms. The van der Waals surface area contributed by atoms with E-state index in [1.807, 2.05) is 41.0 Å². The number of unbranched alkanes of at least 4 members (excludes halogenated alkanes) is 1. The van der Waals surface area contributed by atoms with Gasteiger partial charge in [-0.3, -0.25) is 9.59 Å². The molecule has 1 fully saturated rings. The first-order valence-electron chi connectivity index (χ1n) is 12.5. The molecule has 3 N–H and O–H groups in total. The first kappa shape index (κ1) is 23.4. The van der Waals surface area contributed by atoms with Crippen molar-refractivity contribution < 1.29 is 18.7 Å². The number of carbonyl (C=O) groups is 1. The summed E-state index contributed by atoms with van der Waals surface area (Å²) in [5.41, 5.74) is 6.38. The fourth-order valence-electron chi connectivity index (χ4n) is 5.11. The van der Waals surface area contributed by atoms with Crippen molar-refractivity contribution in [1.29, 1.82) is 0 Å². The Balaban J connectivity index is 1.62. The van der Waals surface area contributed by atoms with Crippen LogP contribution in [0.5, 0.6) is 11.5 Å². The number of amides is 1. The molecule has 0 aliphatic carbocycles. The van der Waals surface area contributed by atoms with Crippen LogP contribution in [0.25, 0.3) is 27.4 Å². The quantitative estimate of drug-likeness (QED) is 0.341. The number of nitrogens with two attached hydrogens (primary N) is 1. The number of nitrogens with zero attached hydrogens (tertiary/aromatic N) is 2. The Kier molecular flexibility index (Phi) is 6.02. The van der Waals surface area contributed by atoms with Crippen LogP contribution in [0.4, 0.5) is 10.1 Å². The Hall–Kier alpha value is -3.95. The number of fused-ring (bicyclic) bond motifs is 4. The fraction of sp³-hybridized carbons (Fsp3) is 0.286. The van der Waals surface area contributed by atoms with Gasteiger partial charge in [0, 0.05) is 31.2 Å². The zero-order valence-electron chi connectivity index (χ0n) is 20.3. The molecule has 190 valence electrons. The SMILES string of the molecule is NCCCCNc1c(F)cc2c(=O)c(C(=O)N3CCOCC3)cn3c2c1Oc1ccc2ccccc2c1-3. The van der Waals surface area contributed by atoms with Crippen LogP contribution in [0.2, 0.25) is 0 Å². The molecule has 37 heavy (non-hydrogen) atoms. The van der Waals surface area contributed by atoms with E-state index in [9.17, 15) is 9.59 Å². The lowest BCUT2D eigenvalue weighted by atomic mass is 10.0. The van der Waals surface area contributed by atoms with Crippen LogP contribution < -0.4 is 21.2 Å². The van der Waals surface area contributed by atoms with E-state index in [4.69, 9.17) is 15.2 Å². The van der Waals surface area contributed by atoms with Crippen molar-refractivity contribution in [2.45, 2.75) is 12.8 Å². The number of hydrogen-bond acceptors (Lipinski definition) is 6. The summed E-state index contributed by atoms with van der Waals surface area (Å²) in [7, 11) is 0. The minimum Gasteiger partial charge on any atom is -0.451 e. The number of pyridine rings is 1. The van der Waals surface area contributed by atoms with E-state index < -0.39 is 17.2 Å². The van der Waals surface area contributed by atoms with E-state index in [1.54, 1.807) is 11.1 Å². The molecule has 0 saturated carbocycles. The van der Waals surface area contributed by atoms with E-state index in [0.717, 1.165) is 23.6 Å². The number of benzene rings is 3. The first-order chi connectivity index (χ1) is 18.1. The number of nitrogens with one attached hydrogen (secondary N) is 1. The van der Waals surface area contributed by atoms with Crippen molar-refractivity contribution in [3.63, 3.8) is 0 Å². The van der Waals surface area contributed by atoms with Gasteiger partial charge < -0.3 is 30.0 Å². The minimum atomic E-state index is -0.612. The predicted molar refractivity (Wildman–Crippen MR) is 141 cm³/mol. The van der Waals surface area contributed by atoms with Crippen LogP contribution in [0.15, 0.2) is 53.5 Å². The number of aromatic nitrogens is 1. The monoisotopic (exact) mass is 502 g/mol.